The minimum Gasteiger partial charge on any atom is -0.393 e. The second kappa shape index (κ2) is 5.93. The van der Waals surface area contributed by atoms with Gasteiger partial charge in [0.2, 0.25) is 0 Å². The van der Waals surface area contributed by atoms with Gasteiger partial charge in [-0.2, -0.15) is 0 Å². The highest BCUT2D eigenvalue weighted by Crippen LogP contribution is 2.17. The van der Waals surface area contributed by atoms with Crippen molar-refractivity contribution in [1.82, 2.24) is 5.32 Å². The number of halogens is 2. The van der Waals surface area contributed by atoms with Crippen LogP contribution in [0.4, 0.5) is 4.39 Å². The summed E-state index contributed by atoms with van der Waals surface area (Å²) in [6.07, 6.45) is 0.403. The van der Waals surface area contributed by atoms with E-state index in [0.29, 0.717) is 11.4 Å². The molecule has 3 N–H and O–H groups in total. The smallest absolute Gasteiger partial charge is 0.253 e. The molecule has 92 valence electrons. The minimum absolute atomic E-state index is 0.0741. The van der Waals surface area contributed by atoms with E-state index in [9.17, 15) is 9.18 Å². The van der Waals surface area contributed by atoms with Crippen LogP contribution in [0.5, 0.6) is 0 Å². The van der Waals surface area contributed by atoms with Gasteiger partial charge in [0.15, 0.2) is 0 Å². The van der Waals surface area contributed by atoms with Crippen LogP contribution >= 0.6 is 23.8 Å². The number of amides is 1. The van der Waals surface area contributed by atoms with Gasteiger partial charge in [0, 0.05) is 12.5 Å². The van der Waals surface area contributed by atoms with Crippen LogP contribution in [0.25, 0.3) is 0 Å². The highest BCUT2D eigenvalue weighted by Gasteiger charge is 2.13. The average Bonchev–Trinajstić information content (AvgIpc) is 2.15. The summed E-state index contributed by atoms with van der Waals surface area (Å²) in [6, 6.07) is 3.41. The van der Waals surface area contributed by atoms with Crippen molar-refractivity contribution in [3.63, 3.8) is 0 Å². The molecule has 0 saturated carbocycles. The molecule has 0 aliphatic carbocycles. The number of nitrogens with one attached hydrogen (secondary N) is 1. The predicted molar refractivity (Wildman–Crippen MR) is 69.7 cm³/mol. The van der Waals surface area contributed by atoms with Gasteiger partial charge in [-0.25, -0.2) is 4.39 Å². The van der Waals surface area contributed by atoms with Crippen molar-refractivity contribution in [3.8, 4) is 0 Å². The zero-order valence-corrected chi connectivity index (χ0v) is 10.7. The average molecular weight is 275 g/mol. The zero-order valence-electron chi connectivity index (χ0n) is 9.17. The van der Waals surface area contributed by atoms with Crippen LogP contribution < -0.4 is 11.1 Å². The number of carbonyl (C=O) groups excluding carboxylic acids is 1. The van der Waals surface area contributed by atoms with Crippen molar-refractivity contribution < 1.29 is 9.18 Å². The maximum Gasteiger partial charge on any atom is 0.253 e. The number of carbonyl (C=O) groups is 1. The van der Waals surface area contributed by atoms with E-state index in [-0.39, 0.29) is 22.5 Å². The first-order valence-corrected chi connectivity index (χ1v) is 5.73. The summed E-state index contributed by atoms with van der Waals surface area (Å²) in [5.74, 6) is -0.860. The van der Waals surface area contributed by atoms with Crippen LogP contribution in [0, 0.1) is 5.82 Å². The number of hydrogen-bond acceptors (Lipinski definition) is 2. The maximum absolute atomic E-state index is 12.8. The molecular formula is C11H12ClFN2OS. The van der Waals surface area contributed by atoms with Crippen LogP contribution in [0.15, 0.2) is 18.2 Å². The molecular weight excluding hydrogens is 263 g/mol. The summed E-state index contributed by atoms with van der Waals surface area (Å²) in [7, 11) is 0. The normalized spacial score (nSPS) is 11.9. The second-order valence-electron chi connectivity index (χ2n) is 3.67. The number of rotatable bonds is 4. The van der Waals surface area contributed by atoms with Gasteiger partial charge in [-0.15, -0.1) is 0 Å². The quantitative estimate of drug-likeness (QED) is 0.828. The maximum atomic E-state index is 12.8. The molecule has 1 atom stereocenters. The van der Waals surface area contributed by atoms with Gasteiger partial charge in [0.05, 0.1) is 15.6 Å². The lowest BCUT2D eigenvalue weighted by Gasteiger charge is -2.13. The molecule has 3 nitrogen and oxygen atoms in total. The predicted octanol–water partition coefficient (Wildman–Crippen LogP) is 2.27. The molecule has 0 fully saturated rings. The third kappa shape index (κ3) is 4.28. The van der Waals surface area contributed by atoms with Crippen molar-refractivity contribution in [2.75, 3.05) is 0 Å². The monoisotopic (exact) mass is 274 g/mol. The van der Waals surface area contributed by atoms with Crippen LogP contribution in [-0.4, -0.2) is 16.9 Å². The third-order valence-electron chi connectivity index (χ3n) is 2.06. The Morgan fingerprint density at radius 1 is 1.65 bits per heavy atom. The Kier molecular flexibility index (Phi) is 4.84. The minimum atomic E-state index is -0.484. The zero-order chi connectivity index (χ0) is 13.0. The van der Waals surface area contributed by atoms with Crippen LogP contribution in [0.1, 0.15) is 23.7 Å². The summed E-state index contributed by atoms with van der Waals surface area (Å²) >= 11 is 10.5. The Bertz CT molecular complexity index is 453. The van der Waals surface area contributed by atoms with E-state index < -0.39 is 5.82 Å². The van der Waals surface area contributed by atoms with Gasteiger partial charge in [0.25, 0.3) is 5.91 Å². The molecule has 0 radical (unpaired) electrons. The third-order valence-corrected chi connectivity index (χ3v) is 2.54. The molecule has 0 bridgehead atoms. The molecule has 0 spiro atoms. The van der Waals surface area contributed by atoms with Crippen molar-refractivity contribution in [2.45, 2.75) is 19.4 Å². The molecule has 1 aromatic carbocycles. The van der Waals surface area contributed by atoms with Gasteiger partial charge in [-0.05, 0) is 25.1 Å². The largest absolute Gasteiger partial charge is 0.393 e. The van der Waals surface area contributed by atoms with E-state index in [4.69, 9.17) is 29.6 Å². The molecule has 0 heterocycles. The Balaban J connectivity index is 2.73. The summed E-state index contributed by atoms with van der Waals surface area (Å²) < 4.78 is 12.8. The molecule has 1 amide bonds. The van der Waals surface area contributed by atoms with E-state index in [1.165, 1.54) is 12.1 Å². The fourth-order valence-corrected chi connectivity index (χ4v) is 1.83. The number of thiocarbonyl (C=S) groups is 1. The SMILES string of the molecule is CC(CC(N)=S)NC(=O)c1ccc(F)cc1Cl. The van der Waals surface area contributed by atoms with E-state index in [1.54, 1.807) is 6.92 Å². The Morgan fingerprint density at radius 3 is 2.82 bits per heavy atom. The number of nitrogens with two attached hydrogens (primary N) is 1. The molecule has 0 aliphatic heterocycles. The first-order chi connectivity index (χ1) is 7.90. The van der Waals surface area contributed by atoms with Crippen molar-refractivity contribution in [2.24, 2.45) is 5.73 Å². The molecule has 0 aromatic heterocycles. The van der Waals surface area contributed by atoms with Gasteiger partial charge < -0.3 is 11.1 Å². The number of hydrogen-bond donors (Lipinski definition) is 2. The van der Waals surface area contributed by atoms with Gasteiger partial charge >= 0.3 is 0 Å². The molecule has 6 heteroatoms. The lowest BCUT2D eigenvalue weighted by Crippen LogP contribution is -2.35. The summed E-state index contributed by atoms with van der Waals surface area (Å²) in [5, 5.41) is 2.75. The Morgan fingerprint density at radius 2 is 2.29 bits per heavy atom. The molecule has 1 aromatic rings. The van der Waals surface area contributed by atoms with Gasteiger partial charge in [-0.1, -0.05) is 23.8 Å². The summed E-state index contributed by atoms with van der Waals surface area (Å²) in [4.78, 5) is 12.1. The first kappa shape index (κ1) is 13.9. The van der Waals surface area contributed by atoms with Crippen molar-refractivity contribution in [1.29, 1.82) is 0 Å². The fourth-order valence-electron chi connectivity index (χ4n) is 1.33. The lowest BCUT2D eigenvalue weighted by atomic mass is 10.1. The highest BCUT2D eigenvalue weighted by molar-refractivity contribution is 7.80. The van der Waals surface area contributed by atoms with Crippen LogP contribution in [0.2, 0.25) is 5.02 Å². The Labute approximate surface area is 109 Å². The molecule has 0 saturated heterocycles. The van der Waals surface area contributed by atoms with E-state index in [0.717, 1.165) is 6.07 Å². The fraction of sp³-hybridized carbons (Fsp3) is 0.273. The summed E-state index contributed by atoms with van der Waals surface area (Å²) in [6.45, 7) is 1.77. The van der Waals surface area contributed by atoms with E-state index in [2.05, 4.69) is 5.32 Å². The van der Waals surface area contributed by atoms with E-state index in [1.807, 2.05) is 0 Å². The van der Waals surface area contributed by atoms with Crippen molar-refractivity contribution >= 4 is 34.7 Å². The lowest BCUT2D eigenvalue weighted by molar-refractivity contribution is 0.0941. The topological polar surface area (TPSA) is 55.1 Å². The molecule has 0 aliphatic rings. The number of benzene rings is 1. The van der Waals surface area contributed by atoms with Crippen LogP contribution in [0.3, 0.4) is 0 Å². The molecule has 17 heavy (non-hydrogen) atoms. The van der Waals surface area contributed by atoms with Crippen molar-refractivity contribution in [3.05, 3.63) is 34.6 Å². The first-order valence-electron chi connectivity index (χ1n) is 4.94. The summed E-state index contributed by atoms with van der Waals surface area (Å²) in [5.41, 5.74) is 5.59. The van der Waals surface area contributed by atoms with Crippen LogP contribution in [-0.2, 0) is 0 Å². The van der Waals surface area contributed by atoms with Gasteiger partial charge in [0.1, 0.15) is 5.82 Å². The Hall–Kier alpha value is -1.20. The standard InChI is InChI=1S/C11H12ClFN2OS/c1-6(4-10(14)17)15-11(16)8-3-2-7(13)5-9(8)12/h2-3,5-6H,4H2,1H3,(H2,14,17)(H,15,16). The van der Waals surface area contributed by atoms with Gasteiger partial charge in [-0.3, -0.25) is 4.79 Å². The molecule has 1 rings (SSSR count). The second-order valence-corrected chi connectivity index (χ2v) is 4.60. The van der Waals surface area contributed by atoms with E-state index >= 15 is 0 Å². The molecule has 1 unspecified atom stereocenters. The highest BCUT2D eigenvalue weighted by atomic mass is 35.5.